The predicted octanol–water partition coefficient (Wildman–Crippen LogP) is 1.95. The van der Waals surface area contributed by atoms with Crippen molar-refractivity contribution in [3.63, 3.8) is 0 Å². The van der Waals surface area contributed by atoms with Crippen LogP contribution in [0.4, 0.5) is 17.6 Å². The summed E-state index contributed by atoms with van der Waals surface area (Å²) in [5.41, 5.74) is 0.165. The zero-order chi connectivity index (χ0) is 15.2. The first-order valence-electron chi connectivity index (χ1n) is 5.41. The van der Waals surface area contributed by atoms with Gasteiger partial charge in [0.1, 0.15) is 11.8 Å². The van der Waals surface area contributed by atoms with Gasteiger partial charge in [0.05, 0.1) is 12.1 Å². The zero-order valence-electron chi connectivity index (χ0n) is 10.1. The van der Waals surface area contributed by atoms with Gasteiger partial charge >= 0.3 is 12.3 Å². The normalized spacial score (nSPS) is 11.0. The van der Waals surface area contributed by atoms with Crippen LogP contribution in [-0.4, -0.2) is 31.4 Å². The number of nitriles is 1. The van der Waals surface area contributed by atoms with Gasteiger partial charge in [0.25, 0.3) is 5.91 Å². The molecule has 0 aliphatic rings. The quantitative estimate of drug-likeness (QED) is 0.815. The number of nitrogens with zero attached hydrogens (tertiary/aromatic N) is 1. The van der Waals surface area contributed by atoms with Gasteiger partial charge in [0.15, 0.2) is 6.61 Å². The molecule has 0 fully saturated rings. The summed E-state index contributed by atoms with van der Waals surface area (Å²) in [6.07, 6.45) is -3.86. The van der Waals surface area contributed by atoms with Crippen molar-refractivity contribution in [1.82, 2.24) is 5.32 Å². The monoisotopic (exact) mass is 290 g/mol. The highest BCUT2D eigenvalue weighted by Gasteiger charge is 2.40. The number of carbonyl (C=O) groups excluding carboxylic acids is 1. The minimum atomic E-state index is -4.29. The van der Waals surface area contributed by atoms with Crippen molar-refractivity contribution < 1.29 is 27.1 Å². The number of benzene rings is 1. The van der Waals surface area contributed by atoms with Gasteiger partial charge in [-0.25, -0.2) is 8.78 Å². The van der Waals surface area contributed by atoms with E-state index in [0.717, 1.165) is 0 Å². The Morgan fingerprint density at radius 2 is 2.05 bits per heavy atom. The summed E-state index contributed by atoms with van der Waals surface area (Å²) in [5, 5.41) is 10.4. The lowest BCUT2D eigenvalue weighted by atomic mass is 10.2. The lowest BCUT2D eigenvalue weighted by Crippen LogP contribution is -2.42. The van der Waals surface area contributed by atoms with E-state index in [1.54, 1.807) is 17.4 Å². The molecule has 4 nitrogen and oxygen atoms in total. The van der Waals surface area contributed by atoms with Crippen LogP contribution in [0.2, 0.25) is 0 Å². The number of amides is 1. The molecule has 0 radical (unpaired) electrons. The third-order valence-electron chi connectivity index (χ3n) is 2.21. The molecule has 1 amide bonds. The third-order valence-corrected chi connectivity index (χ3v) is 2.21. The van der Waals surface area contributed by atoms with Gasteiger partial charge in [-0.1, -0.05) is 12.1 Å². The smallest absolute Gasteiger partial charge is 0.324 e. The molecule has 0 aliphatic heterocycles. The molecule has 0 spiro atoms. The number of hydrogen-bond donors (Lipinski definition) is 1. The number of para-hydroxylation sites is 1. The summed E-state index contributed by atoms with van der Waals surface area (Å²) in [5.74, 6) is -5.18. The van der Waals surface area contributed by atoms with Crippen molar-refractivity contribution in [3.05, 3.63) is 29.8 Å². The van der Waals surface area contributed by atoms with Gasteiger partial charge in [-0.05, 0) is 12.1 Å². The Labute approximate surface area is 112 Å². The number of carbonyl (C=O) groups is 1. The van der Waals surface area contributed by atoms with E-state index in [0.29, 0.717) is 0 Å². The number of rotatable bonds is 6. The standard InChI is InChI=1S/C12H10F4N2O2/c13-11(14)12(15,16)7-18-10(19)6-20-9-4-2-1-3-8(9)5-17/h1-4,11H,6-7H2,(H,18,19). The summed E-state index contributed by atoms with van der Waals surface area (Å²) in [7, 11) is 0. The first-order chi connectivity index (χ1) is 9.36. The van der Waals surface area contributed by atoms with Crippen LogP contribution < -0.4 is 10.1 Å². The average Bonchev–Trinajstić information content (AvgIpc) is 2.43. The lowest BCUT2D eigenvalue weighted by Gasteiger charge is -2.15. The van der Waals surface area contributed by atoms with Gasteiger partial charge in [-0.3, -0.25) is 4.79 Å². The highest BCUT2D eigenvalue weighted by atomic mass is 19.3. The summed E-state index contributed by atoms with van der Waals surface area (Å²) in [6, 6.07) is 7.81. The molecule has 0 aromatic heterocycles. The molecule has 1 aromatic carbocycles. The van der Waals surface area contributed by atoms with Gasteiger partial charge in [0.2, 0.25) is 0 Å². The molecule has 20 heavy (non-hydrogen) atoms. The number of ether oxygens (including phenoxy) is 1. The number of alkyl halides is 4. The Bertz CT molecular complexity index is 514. The molecule has 1 aromatic rings. The van der Waals surface area contributed by atoms with Crippen LogP contribution in [-0.2, 0) is 4.79 Å². The van der Waals surface area contributed by atoms with Gasteiger partial charge in [-0.2, -0.15) is 14.0 Å². The molecule has 0 aliphatic carbocycles. The molecule has 108 valence electrons. The lowest BCUT2D eigenvalue weighted by molar-refractivity contribution is -0.137. The number of halogens is 4. The van der Waals surface area contributed by atoms with Gasteiger partial charge in [-0.15, -0.1) is 0 Å². The average molecular weight is 290 g/mol. The molecule has 0 saturated heterocycles. The van der Waals surface area contributed by atoms with Crippen molar-refractivity contribution in [2.45, 2.75) is 12.3 Å². The summed E-state index contributed by atoms with van der Waals surface area (Å²) >= 11 is 0. The minimum absolute atomic E-state index is 0.103. The second-order valence-electron chi connectivity index (χ2n) is 3.74. The van der Waals surface area contributed by atoms with Crippen LogP contribution >= 0.6 is 0 Å². The predicted molar refractivity (Wildman–Crippen MR) is 60.6 cm³/mol. The summed E-state index contributed by atoms with van der Waals surface area (Å²) < 4.78 is 53.7. The van der Waals surface area contributed by atoms with Crippen molar-refractivity contribution in [2.24, 2.45) is 0 Å². The third kappa shape index (κ3) is 4.42. The Morgan fingerprint density at radius 1 is 1.40 bits per heavy atom. The molecular weight excluding hydrogens is 280 g/mol. The molecule has 0 atom stereocenters. The number of nitrogens with one attached hydrogen (secondary N) is 1. The zero-order valence-corrected chi connectivity index (χ0v) is 10.1. The van der Waals surface area contributed by atoms with Crippen molar-refractivity contribution in [3.8, 4) is 11.8 Å². The maximum absolute atomic E-state index is 12.5. The molecule has 0 saturated carbocycles. The molecule has 1 N–H and O–H groups in total. The molecule has 0 unspecified atom stereocenters. The largest absolute Gasteiger partial charge is 0.482 e. The first kappa shape index (κ1) is 15.8. The SMILES string of the molecule is N#Cc1ccccc1OCC(=O)NCC(F)(F)C(F)F. The van der Waals surface area contributed by atoms with E-state index in [9.17, 15) is 22.4 Å². The summed E-state index contributed by atoms with van der Waals surface area (Å²) in [6.45, 7) is -2.13. The maximum Gasteiger partial charge on any atom is 0.324 e. The second kappa shape index (κ2) is 6.75. The van der Waals surface area contributed by atoms with Crippen LogP contribution in [0, 0.1) is 11.3 Å². The Morgan fingerprint density at radius 3 is 2.65 bits per heavy atom. The van der Waals surface area contributed by atoms with Crippen LogP contribution in [0.5, 0.6) is 5.75 Å². The van der Waals surface area contributed by atoms with E-state index in [1.165, 1.54) is 12.1 Å². The van der Waals surface area contributed by atoms with Crippen LogP contribution in [0.15, 0.2) is 24.3 Å². The number of hydrogen-bond acceptors (Lipinski definition) is 3. The van der Waals surface area contributed by atoms with Crippen molar-refractivity contribution in [2.75, 3.05) is 13.2 Å². The Hall–Kier alpha value is -2.30. The molecule has 8 heteroatoms. The maximum atomic E-state index is 12.5. The highest BCUT2D eigenvalue weighted by Crippen LogP contribution is 2.21. The van der Waals surface area contributed by atoms with Crippen LogP contribution in [0.25, 0.3) is 0 Å². The second-order valence-corrected chi connectivity index (χ2v) is 3.74. The van der Waals surface area contributed by atoms with Crippen LogP contribution in [0.3, 0.4) is 0 Å². The van der Waals surface area contributed by atoms with Crippen LogP contribution in [0.1, 0.15) is 5.56 Å². The first-order valence-corrected chi connectivity index (χ1v) is 5.41. The fourth-order valence-electron chi connectivity index (χ4n) is 1.17. The van der Waals surface area contributed by atoms with E-state index < -0.39 is 31.4 Å². The molecule has 1 rings (SSSR count). The topological polar surface area (TPSA) is 62.1 Å². The fraction of sp³-hybridized carbons (Fsp3) is 0.333. The highest BCUT2D eigenvalue weighted by molar-refractivity contribution is 5.77. The fourth-order valence-corrected chi connectivity index (χ4v) is 1.17. The molecule has 0 bridgehead atoms. The van der Waals surface area contributed by atoms with E-state index in [1.807, 2.05) is 6.07 Å². The minimum Gasteiger partial charge on any atom is -0.482 e. The van der Waals surface area contributed by atoms with Gasteiger partial charge in [0, 0.05) is 0 Å². The van der Waals surface area contributed by atoms with Crippen molar-refractivity contribution >= 4 is 5.91 Å². The van der Waals surface area contributed by atoms with E-state index >= 15 is 0 Å². The van der Waals surface area contributed by atoms with E-state index in [4.69, 9.17) is 10.00 Å². The molecular formula is C12H10F4N2O2. The summed E-state index contributed by atoms with van der Waals surface area (Å²) in [4.78, 5) is 11.2. The van der Waals surface area contributed by atoms with Gasteiger partial charge < -0.3 is 10.1 Å². The Kier molecular flexibility index (Phi) is 5.32. The Balaban J connectivity index is 2.47. The van der Waals surface area contributed by atoms with E-state index in [2.05, 4.69) is 0 Å². The van der Waals surface area contributed by atoms with Crippen molar-refractivity contribution in [1.29, 1.82) is 5.26 Å². The van der Waals surface area contributed by atoms with E-state index in [-0.39, 0.29) is 11.3 Å². The molecule has 0 heterocycles.